The van der Waals surface area contributed by atoms with Gasteiger partial charge < -0.3 is 10.3 Å². The Morgan fingerprint density at radius 2 is 2.00 bits per heavy atom. The van der Waals surface area contributed by atoms with E-state index in [2.05, 4.69) is 21.4 Å². The molecule has 3 heterocycles. The predicted molar refractivity (Wildman–Crippen MR) is 90.2 cm³/mol. The second-order valence-electron chi connectivity index (χ2n) is 7.51. The summed E-state index contributed by atoms with van der Waals surface area (Å²) in [5.74, 6) is 0.351. The average Bonchev–Trinajstić information content (AvgIpc) is 3.30. The molecule has 5 rings (SSSR count). The number of aromatic amines is 1. The minimum Gasteiger partial charge on any atom is -0.361 e. The number of rotatable bonds is 2. The third kappa shape index (κ3) is 2.15. The molecule has 2 saturated heterocycles. The first-order chi connectivity index (χ1) is 11.3. The Balaban J connectivity index is 1.51. The van der Waals surface area contributed by atoms with Crippen LogP contribution >= 0.6 is 0 Å². The molecule has 3 aliphatic rings. The van der Waals surface area contributed by atoms with Gasteiger partial charge in [0, 0.05) is 47.7 Å². The number of fused-ring (bicyclic) bond motifs is 2. The number of nitrogens with one attached hydrogen (secondary N) is 2. The molecular weight excluding hydrogens is 289 g/mol. The summed E-state index contributed by atoms with van der Waals surface area (Å²) in [4.78, 5) is 6.08. The zero-order valence-corrected chi connectivity index (χ0v) is 13.4. The van der Waals surface area contributed by atoms with Gasteiger partial charge in [-0.3, -0.25) is 4.90 Å². The fourth-order valence-electron chi connectivity index (χ4n) is 5.35. The number of hydrogen-bond donors (Lipinski definition) is 2. The fourth-order valence-corrected chi connectivity index (χ4v) is 5.35. The molecule has 23 heavy (non-hydrogen) atoms. The maximum atomic E-state index is 13.5. The van der Waals surface area contributed by atoms with E-state index >= 15 is 0 Å². The maximum absolute atomic E-state index is 13.5. The molecule has 4 heteroatoms. The van der Waals surface area contributed by atoms with Crippen LogP contribution in [0.3, 0.4) is 0 Å². The van der Waals surface area contributed by atoms with Crippen LogP contribution in [-0.4, -0.2) is 41.1 Å². The minimum absolute atomic E-state index is 0.165. The van der Waals surface area contributed by atoms with Gasteiger partial charge in [0.15, 0.2) is 0 Å². The molecule has 3 atom stereocenters. The van der Waals surface area contributed by atoms with Crippen molar-refractivity contribution in [1.29, 1.82) is 0 Å². The molecule has 1 aromatic heterocycles. The third-order valence-electron chi connectivity index (χ3n) is 6.37. The Hall–Kier alpha value is -1.39. The molecule has 2 aromatic rings. The number of H-pyrrole nitrogens is 1. The topological polar surface area (TPSA) is 31.1 Å². The zero-order chi connectivity index (χ0) is 15.4. The summed E-state index contributed by atoms with van der Waals surface area (Å²) in [7, 11) is 0. The van der Waals surface area contributed by atoms with Gasteiger partial charge in [-0.05, 0) is 49.6 Å². The second kappa shape index (κ2) is 5.32. The molecule has 0 amide bonds. The number of likely N-dealkylation sites (tertiary alicyclic amines) is 1. The highest BCUT2D eigenvalue weighted by Crippen LogP contribution is 2.42. The maximum Gasteiger partial charge on any atom is 0.125 e. The van der Waals surface area contributed by atoms with E-state index in [1.165, 1.54) is 43.1 Å². The Morgan fingerprint density at radius 3 is 2.87 bits per heavy atom. The third-order valence-corrected chi connectivity index (χ3v) is 6.37. The first-order valence-electron chi connectivity index (χ1n) is 9.07. The molecule has 2 N–H and O–H groups in total. The second-order valence-corrected chi connectivity index (χ2v) is 7.51. The van der Waals surface area contributed by atoms with Crippen molar-refractivity contribution in [3.8, 4) is 0 Å². The van der Waals surface area contributed by atoms with Crippen LogP contribution in [0.15, 0.2) is 24.4 Å². The van der Waals surface area contributed by atoms with Crippen LogP contribution in [0.25, 0.3) is 10.9 Å². The van der Waals surface area contributed by atoms with E-state index in [0.29, 0.717) is 18.0 Å². The number of halogens is 1. The SMILES string of the molecule is Fc1ccc2c(C3CN(C4CCCC4)[C@@H]4CCN[C@H]34)c[nH]c2c1. The van der Waals surface area contributed by atoms with Crippen LogP contribution in [0.2, 0.25) is 0 Å². The summed E-state index contributed by atoms with van der Waals surface area (Å²) in [5, 5.41) is 4.95. The monoisotopic (exact) mass is 313 g/mol. The summed E-state index contributed by atoms with van der Waals surface area (Å²) in [6, 6.07) is 7.17. The van der Waals surface area contributed by atoms with Gasteiger partial charge in [0.25, 0.3) is 0 Å². The average molecular weight is 313 g/mol. The molecule has 0 bridgehead atoms. The van der Waals surface area contributed by atoms with Crippen LogP contribution in [0.5, 0.6) is 0 Å². The standard InChI is InChI=1S/C19H24FN3/c20-12-5-6-14-15(10-22-17(14)9-12)16-11-23(13-3-1-2-4-13)18-7-8-21-19(16)18/h5-6,9-10,13,16,18-19,21-22H,1-4,7-8,11H2/t16?,18-,19-/m1/s1. The smallest absolute Gasteiger partial charge is 0.125 e. The van der Waals surface area contributed by atoms with Crippen molar-refractivity contribution in [3.63, 3.8) is 0 Å². The normalized spacial score (nSPS) is 32.1. The summed E-state index contributed by atoms with van der Waals surface area (Å²) < 4.78 is 13.5. The lowest BCUT2D eigenvalue weighted by Gasteiger charge is -2.29. The quantitative estimate of drug-likeness (QED) is 0.890. The Bertz CT molecular complexity index is 718. The van der Waals surface area contributed by atoms with Gasteiger partial charge in [-0.2, -0.15) is 0 Å². The van der Waals surface area contributed by atoms with E-state index in [0.717, 1.165) is 24.6 Å². The van der Waals surface area contributed by atoms with Gasteiger partial charge >= 0.3 is 0 Å². The number of hydrogen-bond acceptors (Lipinski definition) is 2. The summed E-state index contributed by atoms with van der Waals surface area (Å²) in [5.41, 5.74) is 2.29. The lowest BCUT2D eigenvalue weighted by atomic mass is 9.92. The van der Waals surface area contributed by atoms with Gasteiger partial charge in [0.05, 0.1) is 0 Å². The van der Waals surface area contributed by atoms with Gasteiger partial charge in [0.1, 0.15) is 5.82 Å². The van der Waals surface area contributed by atoms with E-state index in [9.17, 15) is 4.39 Å². The Labute approximate surface area is 136 Å². The van der Waals surface area contributed by atoms with E-state index in [1.807, 2.05) is 6.07 Å². The van der Waals surface area contributed by atoms with Gasteiger partial charge in [-0.1, -0.05) is 12.8 Å². The van der Waals surface area contributed by atoms with Crippen molar-refractivity contribution in [1.82, 2.24) is 15.2 Å². The van der Waals surface area contributed by atoms with Gasteiger partial charge in [-0.15, -0.1) is 0 Å². The summed E-state index contributed by atoms with van der Waals surface area (Å²) in [6.07, 6.45) is 8.91. The van der Waals surface area contributed by atoms with Crippen LogP contribution in [0.1, 0.15) is 43.6 Å². The highest BCUT2D eigenvalue weighted by molar-refractivity contribution is 5.84. The number of aromatic nitrogens is 1. The van der Waals surface area contributed by atoms with Crippen molar-refractivity contribution in [2.75, 3.05) is 13.1 Å². The van der Waals surface area contributed by atoms with Gasteiger partial charge in [-0.25, -0.2) is 4.39 Å². The van der Waals surface area contributed by atoms with E-state index in [1.54, 1.807) is 12.1 Å². The summed E-state index contributed by atoms with van der Waals surface area (Å²) in [6.45, 7) is 2.28. The molecule has 1 saturated carbocycles. The van der Waals surface area contributed by atoms with Crippen molar-refractivity contribution in [2.24, 2.45) is 0 Å². The molecular formula is C19H24FN3. The Kier molecular flexibility index (Phi) is 3.24. The Morgan fingerprint density at radius 1 is 1.13 bits per heavy atom. The molecule has 2 aliphatic heterocycles. The number of nitrogens with zero attached hydrogens (tertiary/aromatic N) is 1. The van der Waals surface area contributed by atoms with E-state index < -0.39 is 0 Å². The minimum atomic E-state index is -0.165. The largest absolute Gasteiger partial charge is 0.361 e. The molecule has 0 radical (unpaired) electrons. The van der Waals surface area contributed by atoms with E-state index in [-0.39, 0.29) is 5.82 Å². The molecule has 1 aromatic carbocycles. The van der Waals surface area contributed by atoms with Crippen molar-refractivity contribution in [3.05, 3.63) is 35.8 Å². The van der Waals surface area contributed by atoms with Crippen molar-refractivity contribution in [2.45, 2.75) is 56.1 Å². The first kappa shape index (κ1) is 14.0. The fraction of sp³-hybridized carbons (Fsp3) is 0.579. The molecule has 3 fully saturated rings. The predicted octanol–water partition coefficient (Wildman–Crippen LogP) is 3.38. The van der Waals surface area contributed by atoms with Crippen LogP contribution < -0.4 is 5.32 Å². The zero-order valence-electron chi connectivity index (χ0n) is 13.4. The summed E-state index contributed by atoms with van der Waals surface area (Å²) >= 11 is 0. The molecule has 1 aliphatic carbocycles. The molecule has 0 spiro atoms. The molecule has 3 nitrogen and oxygen atoms in total. The number of benzene rings is 1. The first-order valence-corrected chi connectivity index (χ1v) is 9.07. The molecule has 122 valence electrons. The van der Waals surface area contributed by atoms with Crippen LogP contribution in [-0.2, 0) is 0 Å². The van der Waals surface area contributed by atoms with Crippen molar-refractivity contribution >= 4 is 10.9 Å². The lowest BCUT2D eigenvalue weighted by molar-refractivity contribution is 0.180. The lowest BCUT2D eigenvalue weighted by Crippen LogP contribution is -2.40. The molecule has 1 unspecified atom stereocenters. The van der Waals surface area contributed by atoms with Crippen LogP contribution in [0.4, 0.5) is 4.39 Å². The highest BCUT2D eigenvalue weighted by atomic mass is 19.1. The van der Waals surface area contributed by atoms with Gasteiger partial charge in [0.2, 0.25) is 0 Å². The highest BCUT2D eigenvalue weighted by Gasteiger charge is 2.47. The van der Waals surface area contributed by atoms with Crippen molar-refractivity contribution < 1.29 is 4.39 Å². The van der Waals surface area contributed by atoms with Crippen LogP contribution in [0, 0.1) is 5.82 Å². The van der Waals surface area contributed by atoms with E-state index in [4.69, 9.17) is 0 Å².